The molecule has 0 saturated carbocycles. The Labute approximate surface area is 106 Å². The highest BCUT2D eigenvalue weighted by molar-refractivity contribution is 5.29. The number of hydrogen-bond donors (Lipinski definition) is 1. The van der Waals surface area contributed by atoms with Crippen LogP contribution in [0, 0.1) is 13.8 Å². The first-order valence-electron chi connectivity index (χ1n) is 6.48. The highest BCUT2D eigenvalue weighted by atomic mass is 15.1. The van der Waals surface area contributed by atoms with Gasteiger partial charge in [-0.1, -0.05) is 18.2 Å². The van der Waals surface area contributed by atoms with Gasteiger partial charge in [-0.2, -0.15) is 0 Å². The Morgan fingerprint density at radius 2 is 1.88 bits per heavy atom. The molecule has 0 fully saturated rings. The van der Waals surface area contributed by atoms with Crippen molar-refractivity contribution in [1.82, 2.24) is 10.2 Å². The van der Waals surface area contributed by atoms with E-state index in [0.29, 0.717) is 6.04 Å². The number of nitrogens with one attached hydrogen (secondary N) is 1. The minimum absolute atomic E-state index is 0.624. The highest BCUT2D eigenvalue weighted by Gasteiger charge is 2.01. The first kappa shape index (κ1) is 14.2. The molecule has 17 heavy (non-hydrogen) atoms. The smallest absolute Gasteiger partial charge is 0.0206 e. The van der Waals surface area contributed by atoms with Crippen molar-refractivity contribution in [3.63, 3.8) is 0 Å². The van der Waals surface area contributed by atoms with Crippen molar-refractivity contribution >= 4 is 0 Å². The minimum Gasteiger partial charge on any atom is -0.311 e. The summed E-state index contributed by atoms with van der Waals surface area (Å²) in [6.07, 6.45) is 0. The van der Waals surface area contributed by atoms with Crippen LogP contribution in [0.4, 0.5) is 0 Å². The van der Waals surface area contributed by atoms with E-state index in [1.165, 1.54) is 16.7 Å². The first-order chi connectivity index (χ1) is 8.00. The maximum Gasteiger partial charge on any atom is 0.0206 e. The van der Waals surface area contributed by atoms with Crippen molar-refractivity contribution in [1.29, 1.82) is 0 Å². The van der Waals surface area contributed by atoms with Crippen molar-refractivity contribution in [3.05, 3.63) is 34.9 Å². The zero-order chi connectivity index (χ0) is 12.8. The monoisotopic (exact) mass is 234 g/mol. The molecule has 96 valence electrons. The molecule has 0 aliphatic rings. The van der Waals surface area contributed by atoms with Gasteiger partial charge in [0.2, 0.25) is 0 Å². The topological polar surface area (TPSA) is 15.3 Å². The maximum absolute atomic E-state index is 3.49. The molecule has 0 saturated heterocycles. The van der Waals surface area contributed by atoms with Crippen LogP contribution in [0.5, 0.6) is 0 Å². The molecule has 0 heterocycles. The predicted octanol–water partition coefficient (Wildman–Crippen LogP) is 2.73. The first-order valence-corrected chi connectivity index (χ1v) is 6.48. The second kappa shape index (κ2) is 6.77. The van der Waals surface area contributed by atoms with E-state index < -0.39 is 0 Å². The summed E-state index contributed by atoms with van der Waals surface area (Å²) in [6.45, 7) is 11.9. The van der Waals surface area contributed by atoms with Crippen LogP contribution < -0.4 is 5.32 Å². The summed E-state index contributed by atoms with van der Waals surface area (Å²) in [5.74, 6) is 0. The molecule has 0 atom stereocenters. The number of nitrogens with zero attached hydrogens (tertiary/aromatic N) is 1. The number of rotatable bonds is 6. The Balaban J connectivity index is 2.29. The Morgan fingerprint density at radius 1 is 1.18 bits per heavy atom. The van der Waals surface area contributed by atoms with Crippen LogP contribution in [0.3, 0.4) is 0 Å². The van der Waals surface area contributed by atoms with Crippen molar-refractivity contribution < 1.29 is 0 Å². The van der Waals surface area contributed by atoms with E-state index in [0.717, 1.165) is 19.6 Å². The van der Waals surface area contributed by atoms with E-state index in [9.17, 15) is 0 Å². The van der Waals surface area contributed by atoms with Crippen molar-refractivity contribution in [3.8, 4) is 0 Å². The lowest BCUT2D eigenvalue weighted by Crippen LogP contribution is -2.33. The molecule has 0 amide bonds. The largest absolute Gasteiger partial charge is 0.311 e. The van der Waals surface area contributed by atoms with Crippen LogP contribution in [0.25, 0.3) is 0 Å². The summed E-state index contributed by atoms with van der Waals surface area (Å²) in [6, 6.07) is 7.31. The van der Waals surface area contributed by atoms with Gasteiger partial charge in [0.1, 0.15) is 0 Å². The molecular formula is C15H26N2. The molecule has 1 N–H and O–H groups in total. The molecule has 0 bridgehead atoms. The van der Waals surface area contributed by atoms with E-state index in [4.69, 9.17) is 0 Å². The molecule has 0 radical (unpaired) electrons. The molecule has 0 spiro atoms. The summed E-state index contributed by atoms with van der Waals surface area (Å²) in [7, 11) is 2.17. The summed E-state index contributed by atoms with van der Waals surface area (Å²) in [4.78, 5) is 2.35. The van der Waals surface area contributed by atoms with Gasteiger partial charge in [-0.3, -0.25) is 0 Å². The van der Waals surface area contributed by atoms with Gasteiger partial charge in [0, 0.05) is 25.7 Å². The Hall–Kier alpha value is -0.860. The minimum atomic E-state index is 0.624. The van der Waals surface area contributed by atoms with Crippen LogP contribution in [0.1, 0.15) is 30.5 Å². The van der Waals surface area contributed by atoms with Crippen LogP contribution in [-0.2, 0) is 6.54 Å². The van der Waals surface area contributed by atoms with E-state index in [-0.39, 0.29) is 0 Å². The second-order valence-electron chi connectivity index (χ2n) is 5.17. The summed E-state index contributed by atoms with van der Waals surface area (Å²) in [5.41, 5.74) is 4.12. The van der Waals surface area contributed by atoms with Gasteiger partial charge in [-0.05, 0) is 51.4 Å². The van der Waals surface area contributed by atoms with Gasteiger partial charge < -0.3 is 10.2 Å². The third-order valence-corrected chi connectivity index (χ3v) is 3.42. The molecule has 2 nitrogen and oxygen atoms in total. The Kier molecular flexibility index (Phi) is 5.66. The number of aryl methyl sites for hydroxylation is 2. The van der Waals surface area contributed by atoms with Crippen LogP contribution in [0.2, 0.25) is 0 Å². The van der Waals surface area contributed by atoms with Crippen LogP contribution in [0.15, 0.2) is 18.2 Å². The molecule has 1 rings (SSSR count). The van der Waals surface area contributed by atoms with Crippen LogP contribution in [-0.4, -0.2) is 31.1 Å². The molecule has 0 unspecified atom stereocenters. The quantitative estimate of drug-likeness (QED) is 0.761. The van der Waals surface area contributed by atoms with E-state index in [1.807, 2.05) is 0 Å². The average molecular weight is 234 g/mol. The molecule has 0 aliphatic heterocycles. The maximum atomic E-state index is 3.49. The highest BCUT2D eigenvalue weighted by Crippen LogP contribution is 2.09. The van der Waals surface area contributed by atoms with Crippen molar-refractivity contribution in [2.24, 2.45) is 0 Å². The SMILES string of the molecule is Cc1ccc(CNCCN(C)C(C)C)cc1C. The van der Waals surface area contributed by atoms with E-state index in [1.54, 1.807) is 0 Å². The third kappa shape index (κ3) is 4.88. The molecular weight excluding hydrogens is 208 g/mol. The van der Waals surface area contributed by atoms with Crippen molar-refractivity contribution in [2.75, 3.05) is 20.1 Å². The zero-order valence-electron chi connectivity index (χ0n) is 11.9. The second-order valence-corrected chi connectivity index (χ2v) is 5.17. The fourth-order valence-electron chi connectivity index (χ4n) is 1.66. The van der Waals surface area contributed by atoms with E-state index in [2.05, 4.69) is 63.2 Å². The number of likely N-dealkylation sites (N-methyl/N-ethyl adjacent to an activating group) is 1. The molecule has 0 aliphatic carbocycles. The van der Waals surface area contributed by atoms with Crippen LogP contribution >= 0.6 is 0 Å². The van der Waals surface area contributed by atoms with Gasteiger partial charge in [0.25, 0.3) is 0 Å². The normalized spacial score (nSPS) is 11.5. The molecule has 2 heteroatoms. The molecule has 0 aromatic heterocycles. The van der Waals surface area contributed by atoms with E-state index >= 15 is 0 Å². The zero-order valence-corrected chi connectivity index (χ0v) is 11.9. The van der Waals surface area contributed by atoms with Gasteiger partial charge in [-0.15, -0.1) is 0 Å². The van der Waals surface area contributed by atoms with Gasteiger partial charge in [0.05, 0.1) is 0 Å². The predicted molar refractivity (Wildman–Crippen MR) is 75.4 cm³/mol. The lowest BCUT2D eigenvalue weighted by Gasteiger charge is -2.21. The third-order valence-electron chi connectivity index (χ3n) is 3.42. The fraction of sp³-hybridized carbons (Fsp3) is 0.600. The fourth-order valence-corrected chi connectivity index (χ4v) is 1.66. The number of hydrogen-bond acceptors (Lipinski definition) is 2. The van der Waals surface area contributed by atoms with Gasteiger partial charge in [0.15, 0.2) is 0 Å². The van der Waals surface area contributed by atoms with Gasteiger partial charge >= 0.3 is 0 Å². The van der Waals surface area contributed by atoms with Gasteiger partial charge in [-0.25, -0.2) is 0 Å². The lowest BCUT2D eigenvalue weighted by molar-refractivity contribution is 0.273. The Bertz CT molecular complexity index is 345. The molecule has 1 aromatic rings. The summed E-state index contributed by atoms with van der Waals surface area (Å²) < 4.78 is 0. The standard InChI is InChI=1S/C15H26N2/c1-12(2)17(5)9-8-16-11-15-7-6-13(3)14(4)10-15/h6-7,10,12,16H,8-9,11H2,1-5H3. The summed E-state index contributed by atoms with van der Waals surface area (Å²) >= 11 is 0. The Morgan fingerprint density at radius 3 is 2.47 bits per heavy atom. The molecule has 1 aromatic carbocycles. The lowest BCUT2D eigenvalue weighted by atomic mass is 10.1. The number of benzene rings is 1. The summed E-state index contributed by atoms with van der Waals surface area (Å²) in [5, 5.41) is 3.49. The average Bonchev–Trinajstić information content (AvgIpc) is 2.28. The van der Waals surface area contributed by atoms with Crippen molar-refractivity contribution in [2.45, 2.75) is 40.3 Å².